The molecule has 0 bridgehead atoms. The lowest BCUT2D eigenvalue weighted by Gasteiger charge is -2.15. The third-order valence-corrected chi connectivity index (χ3v) is 3.66. The molecule has 0 fully saturated rings. The summed E-state index contributed by atoms with van der Waals surface area (Å²) in [6, 6.07) is 5.69. The first-order chi connectivity index (χ1) is 11.1. The van der Waals surface area contributed by atoms with Crippen molar-refractivity contribution in [2.75, 3.05) is 27.3 Å². The predicted molar refractivity (Wildman–Crippen MR) is 86.2 cm³/mol. The van der Waals surface area contributed by atoms with Crippen LogP contribution in [-0.2, 0) is 11.8 Å². The van der Waals surface area contributed by atoms with Crippen molar-refractivity contribution in [3.8, 4) is 11.5 Å². The molecule has 3 aromatic rings. The Labute approximate surface area is 134 Å². The van der Waals surface area contributed by atoms with Gasteiger partial charge in [-0.15, -0.1) is 0 Å². The molecule has 0 saturated heterocycles. The van der Waals surface area contributed by atoms with Crippen LogP contribution in [0.5, 0.6) is 0 Å². The number of carbonyl (C=O) groups is 1. The van der Waals surface area contributed by atoms with Crippen LogP contribution in [0.2, 0.25) is 0 Å². The number of aromatic nitrogens is 4. The summed E-state index contributed by atoms with van der Waals surface area (Å²) < 4.78 is 8.77. The third kappa shape index (κ3) is 2.83. The molecule has 0 atom stereocenters. The Balaban J connectivity index is 2.06. The van der Waals surface area contributed by atoms with E-state index in [1.807, 2.05) is 46.6 Å². The Morgan fingerprint density at radius 3 is 2.91 bits per heavy atom. The quantitative estimate of drug-likeness (QED) is 0.715. The Bertz CT molecular complexity index is 836. The second-order valence-corrected chi connectivity index (χ2v) is 5.38. The molecular formula is C16H19N5O2. The number of hydrogen-bond donors (Lipinski definition) is 0. The molecule has 0 aliphatic carbocycles. The van der Waals surface area contributed by atoms with Gasteiger partial charge in [-0.25, -0.2) is 9.97 Å². The molecular weight excluding hydrogens is 294 g/mol. The topological polar surface area (TPSA) is 64.7 Å². The summed E-state index contributed by atoms with van der Waals surface area (Å²) in [5.74, 6) is 0.526. The van der Waals surface area contributed by atoms with Crippen LogP contribution in [0.15, 0.2) is 36.9 Å². The van der Waals surface area contributed by atoms with Gasteiger partial charge in [0, 0.05) is 40.1 Å². The van der Waals surface area contributed by atoms with Gasteiger partial charge in [0.2, 0.25) is 0 Å². The number of methoxy groups -OCH3 is 1. The van der Waals surface area contributed by atoms with Crippen LogP contribution in [0.1, 0.15) is 10.5 Å². The minimum atomic E-state index is -0.132. The number of ether oxygens (including phenoxy) is 1. The summed E-state index contributed by atoms with van der Waals surface area (Å²) in [4.78, 5) is 23.2. The molecule has 0 aliphatic heterocycles. The third-order valence-electron chi connectivity index (χ3n) is 3.66. The number of amides is 1. The van der Waals surface area contributed by atoms with Crippen molar-refractivity contribution in [3.05, 3.63) is 42.6 Å². The van der Waals surface area contributed by atoms with Gasteiger partial charge in [0.15, 0.2) is 11.5 Å². The van der Waals surface area contributed by atoms with E-state index in [0.717, 1.165) is 11.2 Å². The summed E-state index contributed by atoms with van der Waals surface area (Å²) in [7, 11) is 5.26. The minimum Gasteiger partial charge on any atom is -0.383 e. The monoisotopic (exact) mass is 313 g/mol. The van der Waals surface area contributed by atoms with E-state index in [1.165, 1.54) is 0 Å². The van der Waals surface area contributed by atoms with Crippen molar-refractivity contribution in [2.24, 2.45) is 7.05 Å². The molecule has 0 spiro atoms. The normalized spacial score (nSPS) is 11.1. The second kappa shape index (κ2) is 6.21. The van der Waals surface area contributed by atoms with Crippen molar-refractivity contribution >= 4 is 11.4 Å². The number of pyridine rings is 1. The van der Waals surface area contributed by atoms with Gasteiger partial charge in [-0.1, -0.05) is 6.07 Å². The Morgan fingerprint density at radius 1 is 1.39 bits per heavy atom. The molecule has 1 amide bonds. The highest BCUT2D eigenvalue weighted by molar-refractivity contribution is 5.99. The van der Waals surface area contributed by atoms with Gasteiger partial charge < -0.3 is 14.2 Å². The Morgan fingerprint density at radius 2 is 2.22 bits per heavy atom. The molecule has 0 N–H and O–H groups in total. The van der Waals surface area contributed by atoms with Gasteiger partial charge in [0.1, 0.15) is 5.69 Å². The predicted octanol–water partition coefficient (Wildman–Crippen LogP) is 1.45. The van der Waals surface area contributed by atoms with Crippen LogP contribution in [0.25, 0.3) is 17.0 Å². The fourth-order valence-corrected chi connectivity index (χ4v) is 2.41. The molecule has 0 radical (unpaired) electrons. The lowest BCUT2D eigenvalue weighted by Crippen LogP contribution is -2.30. The van der Waals surface area contributed by atoms with Crippen molar-refractivity contribution in [1.29, 1.82) is 0 Å². The van der Waals surface area contributed by atoms with E-state index >= 15 is 0 Å². The van der Waals surface area contributed by atoms with Crippen LogP contribution in [0.4, 0.5) is 0 Å². The van der Waals surface area contributed by atoms with Crippen molar-refractivity contribution in [3.63, 3.8) is 0 Å². The fourth-order valence-electron chi connectivity index (χ4n) is 2.41. The number of fused-ring (bicyclic) bond motifs is 1. The first-order valence-electron chi connectivity index (χ1n) is 7.31. The summed E-state index contributed by atoms with van der Waals surface area (Å²) in [6.07, 6.45) is 5.48. The Kier molecular flexibility index (Phi) is 4.12. The van der Waals surface area contributed by atoms with Gasteiger partial charge in [-0.05, 0) is 12.1 Å². The smallest absolute Gasteiger partial charge is 0.274 e. The van der Waals surface area contributed by atoms with Crippen LogP contribution < -0.4 is 0 Å². The standard InChI is InChI=1S/C16H19N5O2/c1-19-10-12(17-11-19)15-18-14(13-6-4-5-7-21(13)15)16(22)20(2)8-9-23-3/h4-7,10-11H,8-9H2,1-3H3. The molecule has 7 heteroatoms. The summed E-state index contributed by atoms with van der Waals surface area (Å²) in [5.41, 5.74) is 1.92. The zero-order chi connectivity index (χ0) is 16.4. The zero-order valence-electron chi connectivity index (χ0n) is 13.4. The van der Waals surface area contributed by atoms with Gasteiger partial charge >= 0.3 is 0 Å². The van der Waals surface area contributed by atoms with Gasteiger partial charge in [-0.2, -0.15) is 0 Å². The maximum absolute atomic E-state index is 12.7. The number of rotatable bonds is 5. The highest BCUT2D eigenvalue weighted by atomic mass is 16.5. The number of imidazole rings is 2. The maximum atomic E-state index is 12.7. The maximum Gasteiger partial charge on any atom is 0.274 e. The lowest BCUT2D eigenvalue weighted by atomic mass is 10.3. The van der Waals surface area contributed by atoms with E-state index in [0.29, 0.717) is 24.7 Å². The molecule has 7 nitrogen and oxygen atoms in total. The van der Waals surface area contributed by atoms with Gasteiger partial charge in [0.05, 0.1) is 18.5 Å². The lowest BCUT2D eigenvalue weighted by molar-refractivity contribution is 0.0741. The first-order valence-corrected chi connectivity index (χ1v) is 7.31. The van der Waals surface area contributed by atoms with Crippen molar-refractivity contribution < 1.29 is 9.53 Å². The van der Waals surface area contributed by atoms with Crippen LogP contribution >= 0.6 is 0 Å². The molecule has 3 aromatic heterocycles. The van der Waals surface area contributed by atoms with E-state index in [1.54, 1.807) is 25.4 Å². The van der Waals surface area contributed by atoms with Crippen LogP contribution in [0, 0.1) is 0 Å². The summed E-state index contributed by atoms with van der Waals surface area (Å²) in [6.45, 7) is 1.00. The molecule has 120 valence electrons. The van der Waals surface area contributed by atoms with Crippen molar-refractivity contribution in [2.45, 2.75) is 0 Å². The summed E-state index contributed by atoms with van der Waals surface area (Å²) in [5, 5.41) is 0. The fraction of sp³-hybridized carbons (Fsp3) is 0.312. The van der Waals surface area contributed by atoms with E-state index in [9.17, 15) is 4.79 Å². The molecule has 0 unspecified atom stereocenters. The average molecular weight is 313 g/mol. The molecule has 0 aliphatic rings. The van der Waals surface area contributed by atoms with Gasteiger partial charge in [0.25, 0.3) is 5.91 Å². The average Bonchev–Trinajstić information content (AvgIpc) is 3.15. The zero-order valence-corrected chi connectivity index (χ0v) is 13.4. The van der Waals surface area contributed by atoms with Crippen LogP contribution in [-0.4, -0.2) is 57.1 Å². The minimum absolute atomic E-state index is 0.132. The van der Waals surface area contributed by atoms with Gasteiger partial charge in [-0.3, -0.25) is 9.20 Å². The number of nitrogens with zero attached hydrogens (tertiary/aromatic N) is 5. The second-order valence-electron chi connectivity index (χ2n) is 5.38. The molecule has 3 heterocycles. The SMILES string of the molecule is COCCN(C)C(=O)c1nc(-c2cn(C)cn2)n2ccccc12. The van der Waals surface area contributed by atoms with Crippen molar-refractivity contribution in [1.82, 2.24) is 23.8 Å². The van der Waals surface area contributed by atoms with E-state index in [4.69, 9.17) is 4.74 Å². The van der Waals surface area contributed by atoms with E-state index < -0.39 is 0 Å². The van der Waals surface area contributed by atoms with E-state index in [2.05, 4.69) is 9.97 Å². The largest absolute Gasteiger partial charge is 0.383 e. The molecule has 23 heavy (non-hydrogen) atoms. The molecule has 3 rings (SSSR count). The number of hydrogen-bond acceptors (Lipinski definition) is 4. The Hall–Kier alpha value is -2.67. The number of carbonyl (C=O) groups excluding carboxylic acids is 1. The van der Waals surface area contributed by atoms with E-state index in [-0.39, 0.29) is 5.91 Å². The van der Waals surface area contributed by atoms with Crippen LogP contribution in [0.3, 0.4) is 0 Å². The molecule has 0 aromatic carbocycles. The first kappa shape index (κ1) is 15.2. The number of aryl methyl sites for hydroxylation is 1. The summed E-state index contributed by atoms with van der Waals surface area (Å²) >= 11 is 0. The number of likely N-dealkylation sites (N-methyl/N-ethyl adjacent to an activating group) is 1. The molecule has 0 saturated carbocycles. The highest BCUT2D eigenvalue weighted by Gasteiger charge is 2.21. The highest BCUT2D eigenvalue weighted by Crippen LogP contribution is 2.22.